The minimum absolute atomic E-state index is 0.222. The topological polar surface area (TPSA) is 208 Å². The number of nitrogens with two attached hydrogens (primary N) is 3. The number of fused-ring (bicyclic) bond motifs is 1. The molecule has 12 heteroatoms. The molecular formula is C27H31N3O8S. The van der Waals surface area contributed by atoms with Gasteiger partial charge in [0, 0.05) is 28.9 Å². The van der Waals surface area contributed by atoms with E-state index in [4.69, 9.17) is 36.3 Å². The van der Waals surface area contributed by atoms with E-state index >= 15 is 0 Å². The number of carboxylic acids is 1. The summed E-state index contributed by atoms with van der Waals surface area (Å²) in [7, 11) is -4.32. The van der Waals surface area contributed by atoms with Crippen molar-refractivity contribution in [2.75, 3.05) is 30.4 Å². The Bertz CT molecular complexity index is 1540. The number of carbonyl (C=O) groups is 1. The molecule has 0 aromatic heterocycles. The van der Waals surface area contributed by atoms with E-state index in [1.165, 1.54) is 24.3 Å². The lowest BCUT2D eigenvalue weighted by molar-refractivity contribution is 0.0697. The average molecular weight is 558 g/mol. The largest absolute Gasteiger partial charge is 0.507 e. The zero-order chi connectivity index (χ0) is 29.2. The maximum Gasteiger partial charge on any atom is 0.335 e. The molecule has 0 atom stereocenters. The van der Waals surface area contributed by atoms with Gasteiger partial charge in [-0.1, -0.05) is 12.1 Å². The number of nitrogen functional groups attached to an aromatic ring is 3. The molecule has 0 aliphatic carbocycles. The lowest BCUT2D eigenvalue weighted by atomic mass is 10.1. The molecule has 9 N–H and O–H groups in total. The first-order valence-corrected chi connectivity index (χ1v) is 13.0. The predicted molar refractivity (Wildman–Crippen MR) is 151 cm³/mol. The number of hydrogen-bond acceptors (Lipinski definition) is 9. The molecule has 39 heavy (non-hydrogen) atoms. The molecule has 208 valence electrons. The molecule has 0 aliphatic heterocycles. The molecule has 0 unspecified atom stereocenters. The van der Waals surface area contributed by atoms with Gasteiger partial charge in [0.05, 0.1) is 29.4 Å². The van der Waals surface area contributed by atoms with Crippen LogP contribution < -0.4 is 26.7 Å². The summed E-state index contributed by atoms with van der Waals surface area (Å²) in [6.07, 6.45) is 0. The maximum atomic E-state index is 10.9. The van der Waals surface area contributed by atoms with Gasteiger partial charge in [-0.25, -0.2) is 4.79 Å². The molecule has 0 spiro atoms. The van der Waals surface area contributed by atoms with Crippen molar-refractivity contribution in [3.8, 4) is 17.2 Å². The Morgan fingerprint density at radius 2 is 1.51 bits per heavy atom. The monoisotopic (exact) mass is 557 g/mol. The van der Waals surface area contributed by atoms with E-state index in [1.54, 1.807) is 30.3 Å². The number of benzene rings is 4. The quantitative estimate of drug-likeness (QED) is 0.144. The second-order valence-corrected chi connectivity index (χ2v) is 9.32. The summed E-state index contributed by atoms with van der Waals surface area (Å²) in [6, 6.07) is 18.5. The Hall–Kier alpha value is -4.68. The Balaban J connectivity index is 0.000000211. The highest BCUT2D eigenvalue weighted by molar-refractivity contribution is 7.85. The number of ether oxygens (including phenoxy) is 2. The standard InChI is InChI=1S/C10H9NO4S.C10H15NO2.C7H7NO2/c11-7-2-1-6-3-8(16(13,14)15)5-10(12)9(6)4-7;1-3-12-8-5-6-10(13-4-2)9(11)7-8;8-6-3-1-2-5(4-6)7(9)10/h1-5,12H,11H2,(H,13,14,15);5-7H,3-4,11H2,1-2H3;1-4H,8H2,(H,9,10). The zero-order valence-corrected chi connectivity index (χ0v) is 22.2. The van der Waals surface area contributed by atoms with Gasteiger partial charge in [0.15, 0.2) is 0 Å². The van der Waals surface area contributed by atoms with Crippen LogP contribution in [0, 0.1) is 0 Å². The third-order valence-electron chi connectivity index (χ3n) is 4.95. The number of phenolic OH excluding ortho intramolecular Hbond substituents is 1. The molecule has 4 rings (SSSR count). The highest BCUT2D eigenvalue weighted by atomic mass is 32.2. The fourth-order valence-electron chi connectivity index (χ4n) is 3.22. The van der Waals surface area contributed by atoms with E-state index in [9.17, 15) is 18.3 Å². The van der Waals surface area contributed by atoms with Crippen LogP contribution in [0.4, 0.5) is 17.1 Å². The van der Waals surface area contributed by atoms with Gasteiger partial charge >= 0.3 is 5.97 Å². The van der Waals surface area contributed by atoms with Crippen LogP contribution in [0.25, 0.3) is 10.8 Å². The SMILES string of the molecule is CCOc1ccc(OCC)c(N)c1.Nc1ccc2cc(S(=O)(=O)O)cc(O)c2c1.Nc1cccc(C(=O)O)c1. The molecule has 11 nitrogen and oxygen atoms in total. The third-order valence-corrected chi connectivity index (χ3v) is 5.78. The molecular weight excluding hydrogens is 526 g/mol. The van der Waals surface area contributed by atoms with Crippen molar-refractivity contribution < 1.29 is 37.5 Å². The smallest absolute Gasteiger partial charge is 0.335 e. The Labute approximate surface area is 226 Å². The summed E-state index contributed by atoms with van der Waals surface area (Å²) in [6.45, 7) is 5.13. The van der Waals surface area contributed by atoms with Crippen molar-refractivity contribution in [1.82, 2.24) is 0 Å². The molecule has 0 saturated carbocycles. The molecule has 0 amide bonds. The lowest BCUT2D eigenvalue weighted by Crippen LogP contribution is -1.98. The fourth-order valence-corrected chi connectivity index (χ4v) is 3.76. The summed E-state index contributed by atoms with van der Waals surface area (Å²) < 4.78 is 41.3. The van der Waals surface area contributed by atoms with E-state index in [0.717, 1.165) is 11.8 Å². The van der Waals surface area contributed by atoms with Crippen molar-refractivity contribution in [3.63, 3.8) is 0 Å². The summed E-state index contributed by atoms with van der Waals surface area (Å²) in [5.74, 6) is 0.305. The lowest BCUT2D eigenvalue weighted by Gasteiger charge is -2.08. The van der Waals surface area contributed by atoms with Crippen LogP contribution in [0.15, 0.2) is 77.7 Å². The van der Waals surface area contributed by atoms with Crippen molar-refractivity contribution in [1.29, 1.82) is 0 Å². The van der Waals surface area contributed by atoms with Gasteiger partial charge in [0.2, 0.25) is 0 Å². The first-order chi connectivity index (χ1) is 18.3. The average Bonchev–Trinajstić information content (AvgIpc) is 2.86. The van der Waals surface area contributed by atoms with E-state index in [2.05, 4.69) is 0 Å². The fraction of sp³-hybridized carbons (Fsp3) is 0.148. The first-order valence-electron chi connectivity index (χ1n) is 11.6. The van der Waals surface area contributed by atoms with Gasteiger partial charge in [-0.2, -0.15) is 8.42 Å². The van der Waals surface area contributed by atoms with E-state index < -0.39 is 16.1 Å². The van der Waals surface area contributed by atoms with Crippen molar-refractivity contribution in [2.45, 2.75) is 18.7 Å². The summed E-state index contributed by atoms with van der Waals surface area (Å²) in [5.41, 5.74) is 18.4. The molecule has 0 heterocycles. The van der Waals surface area contributed by atoms with Gasteiger partial charge < -0.3 is 36.9 Å². The molecule has 0 bridgehead atoms. The van der Waals surface area contributed by atoms with Crippen LogP contribution in [0.5, 0.6) is 17.2 Å². The normalized spacial score (nSPS) is 10.4. The highest BCUT2D eigenvalue weighted by Crippen LogP contribution is 2.30. The van der Waals surface area contributed by atoms with Crippen molar-refractivity contribution >= 4 is 43.9 Å². The second-order valence-electron chi connectivity index (χ2n) is 7.89. The van der Waals surface area contributed by atoms with Crippen LogP contribution >= 0.6 is 0 Å². The number of hydrogen-bond donors (Lipinski definition) is 6. The van der Waals surface area contributed by atoms with Gasteiger partial charge in [0.1, 0.15) is 17.2 Å². The van der Waals surface area contributed by atoms with Gasteiger partial charge in [-0.05, 0) is 67.8 Å². The van der Waals surface area contributed by atoms with Crippen LogP contribution in [-0.2, 0) is 10.1 Å². The number of aromatic carboxylic acids is 1. The highest BCUT2D eigenvalue weighted by Gasteiger charge is 2.13. The first kappa shape index (κ1) is 30.5. The Morgan fingerprint density at radius 1 is 0.846 bits per heavy atom. The van der Waals surface area contributed by atoms with Crippen LogP contribution in [-0.4, -0.2) is 42.4 Å². The third kappa shape index (κ3) is 9.29. The van der Waals surface area contributed by atoms with Gasteiger partial charge in [-0.3, -0.25) is 4.55 Å². The van der Waals surface area contributed by atoms with Crippen LogP contribution in [0.1, 0.15) is 24.2 Å². The summed E-state index contributed by atoms with van der Waals surface area (Å²) in [5, 5.41) is 19.0. The predicted octanol–water partition coefficient (Wildman–Crippen LogP) is 4.41. The van der Waals surface area contributed by atoms with Gasteiger partial charge in [0.25, 0.3) is 10.1 Å². The molecule has 0 radical (unpaired) electrons. The van der Waals surface area contributed by atoms with Gasteiger partial charge in [-0.15, -0.1) is 0 Å². The van der Waals surface area contributed by atoms with E-state index in [-0.39, 0.29) is 16.2 Å². The Kier molecular flexibility index (Phi) is 10.8. The number of anilines is 3. The van der Waals surface area contributed by atoms with Crippen LogP contribution in [0.3, 0.4) is 0 Å². The molecule has 0 fully saturated rings. The number of phenols is 1. The van der Waals surface area contributed by atoms with Crippen molar-refractivity contribution in [2.24, 2.45) is 0 Å². The summed E-state index contributed by atoms with van der Waals surface area (Å²) in [4.78, 5) is 9.95. The minimum Gasteiger partial charge on any atom is -0.507 e. The Morgan fingerprint density at radius 3 is 2.05 bits per heavy atom. The molecule has 0 saturated heterocycles. The van der Waals surface area contributed by atoms with Crippen LogP contribution in [0.2, 0.25) is 0 Å². The number of rotatable bonds is 6. The zero-order valence-electron chi connectivity index (χ0n) is 21.4. The second kappa shape index (κ2) is 13.7. The molecule has 4 aromatic carbocycles. The number of carboxylic acid groups (broad SMARTS) is 1. The molecule has 4 aromatic rings. The number of aromatic hydroxyl groups is 1. The van der Waals surface area contributed by atoms with E-state index in [1.807, 2.05) is 26.0 Å². The molecule has 0 aliphatic rings. The van der Waals surface area contributed by atoms with Crippen molar-refractivity contribution in [3.05, 3.63) is 78.4 Å². The van der Waals surface area contributed by atoms with E-state index in [0.29, 0.717) is 46.8 Å². The minimum atomic E-state index is -4.32. The summed E-state index contributed by atoms with van der Waals surface area (Å²) >= 11 is 0. The maximum absolute atomic E-state index is 10.9.